The molecule has 120 valence electrons. The van der Waals surface area contributed by atoms with E-state index in [1.54, 1.807) is 12.1 Å². The molecule has 0 saturated heterocycles. The number of benzene rings is 2. The summed E-state index contributed by atoms with van der Waals surface area (Å²) in [6, 6.07) is 10.8. The minimum absolute atomic E-state index is 0.145. The van der Waals surface area contributed by atoms with Crippen molar-refractivity contribution in [3.05, 3.63) is 42.5 Å². The topological polar surface area (TPSA) is 93.8 Å². The van der Waals surface area contributed by atoms with Crippen molar-refractivity contribution in [2.45, 2.75) is 6.04 Å². The Labute approximate surface area is 139 Å². The Kier molecular flexibility index (Phi) is 4.29. The minimum atomic E-state index is -2.75. The van der Waals surface area contributed by atoms with Crippen LogP contribution in [0.3, 0.4) is 0 Å². The van der Waals surface area contributed by atoms with Crippen molar-refractivity contribution in [3.63, 3.8) is 0 Å². The van der Waals surface area contributed by atoms with Gasteiger partial charge in [0.25, 0.3) is 0 Å². The number of hydrogen-bond donors (Lipinski definition) is 2. The van der Waals surface area contributed by atoms with Gasteiger partial charge in [0.15, 0.2) is 0 Å². The SMILES string of the molecule is O=C(O)C(CS)N(c1ccc2oc3ccccc3c2c1)S(=O)[O-]. The van der Waals surface area contributed by atoms with Crippen LogP contribution in [-0.2, 0) is 16.1 Å². The number of para-hydroxylation sites is 1. The molecule has 2 atom stereocenters. The first-order valence-electron chi connectivity index (χ1n) is 6.66. The predicted molar refractivity (Wildman–Crippen MR) is 90.4 cm³/mol. The summed E-state index contributed by atoms with van der Waals surface area (Å²) < 4.78 is 29.6. The number of rotatable bonds is 5. The molecule has 0 spiro atoms. The second kappa shape index (κ2) is 6.23. The average Bonchev–Trinajstić information content (AvgIpc) is 2.89. The van der Waals surface area contributed by atoms with E-state index >= 15 is 0 Å². The molecular formula is C15H12NO5S2-. The molecule has 23 heavy (non-hydrogen) atoms. The standard InChI is InChI=1S/C15H13NO5S2/c17-15(18)12(8-22)16(23(19)20)9-5-6-14-11(7-9)10-3-1-2-4-13(10)21-14/h1-7,12,22H,8H2,(H,17,18)(H,19,20)/p-1. The highest BCUT2D eigenvalue weighted by Gasteiger charge is 2.26. The molecule has 1 N–H and O–H groups in total. The summed E-state index contributed by atoms with van der Waals surface area (Å²) in [4.78, 5) is 11.3. The maximum atomic E-state index is 11.5. The van der Waals surface area contributed by atoms with Crippen LogP contribution in [0.5, 0.6) is 0 Å². The summed E-state index contributed by atoms with van der Waals surface area (Å²) in [6.07, 6.45) is 0. The van der Waals surface area contributed by atoms with Crippen molar-refractivity contribution < 1.29 is 23.1 Å². The highest BCUT2D eigenvalue weighted by atomic mass is 32.2. The van der Waals surface area contributed by atoms with E-state index in [0.29, 0.717) is 11.2 Å². The van der Waals surface area contributed by atoms with Crippen LogP contribution in [0.15, 0.2) is 46.9 Å². The second-order valence-corrected chi connectivity index (χ2v) is 6.05. The Hall–Kier alpha value is -2.03. The van der Waals surface area contributed by atoms with Gasteiger partial charge >= 0.3 is 5.97 Å². The number of aliphatic carboxylic acids is 1. The maximum absolute atomic E-state index is 11.5. The lowest BCUT2D eigenvalue weighted by Gasteiger charge is -2.31. The van der Waals surface area contributed by atoms with E-state index in [2.05, 4.69) is 12.6 Å². The third-order valence-electron chi connectivity index (χ3n) is 3.52. The first kappa shape index (κ1) is 15.9. The van der Waals surface area contributed by atoms with E-state index in [4.69, 9.17) is 4.42 Å². The zero-order valence-electron chi connectivity index (χ0n) is 11.7. The Morgan fingerprint density at radius 3 is 2.61 bits per heavy atom. The van der Waals surface area contributed by atoms with E-state index < -0.39 is 23.3 Å². The van der Waals surface area contributed by atoms with Gasteiger partial charge in [0.1, 0.15) is 17.2 Å². The van der Waals surface area contributed by atoms with E-state index in [1.165, 1.54) is 6.07 Å². The van der Waals surface area contributed by atoms with Gasteiger partial charge in [-0.15, -0.1) is 0 Å². The van der Waals surface area contributed by atoms with E-state index in [9.17, 15) is 18.7 Å². The Bertz CT molecular complexity index is 907. The lowest BCUT2D eigenvalue weighted by atomic mass is 10.1. The number of fused-ring (bicyclic) bond motifs is 3. The van der Waals surface area contributed by atoms with Crippen molar-refractivity contribution >= 4 is 57.5 Å². The number of furan rings is 1. The highest BCUT2D eigenvalue weighted by molar-refractivity contribution is 7.81. The smallest absolute Gasteiger partial charge is 0.328 e. The summed E-state index contributed by atoms with van der Waals surface area (Å²) in [5.41, 5.74) is 1.53. The Morgan fingerprint density at radius 1 is 1.26 bits per heavy atom. The summed E-state index contributed by atoms with van der Waals surface area (Å²) in [6.45, 7) is 0. The van der Waals surface area contributed by atoms with E-state index in [0.717, 1.165) is 15.1 Å². The Balaban J connectivity index is 2.18. The van der Waals surface area contributed by atoms with Gasteiger partial charge < -0.3 is 14.1 Å². The fraction of sp³-hybridized carbons (Fsp3) is 0.133. The van der Waals surface area contributed by atoms with Crippen LogP contribution in [0.4, 0.5) is 5.69 Å². The van der Waals surface area contributed by atoms with Crippen molar-refractivity contribution in [2.75, 3.05) is 10.1 Å². The molecule has 2 aromatic carbocycles. The highest BCUT2D eigenvalue weighted by Crippen LogP contribution is 2.32. The quantitative estimate of drug-likeness (QED) is 0.545. The van der Waals surface area contributed by atoms with Crippen molar-refractivity contribution in [1.29, 1.82) is 0 Å². The molecule has 3 rings (SSSR count). The number of carbonyl (C=O) groups is 1. The van der Waals surface area contributed by atoms with Gasteiger partial charge in [-0.1, -0.05) is 18.2 Å². The van der Waals surface area contributed by atoms with Crippen LogP contribution in [0.2, 0.25) is 0 Å². The van der Waals surface area contributed by atoms with Crippen LogP contribution in [0, 0.1) is 0 Å². The average molecular weight is 350 g/mol. The molecule has 0 bridgehead atoms. The largest absolute Gasteiger partial charge is 0.755 e. The molecule has 0 aliphatic heterocycles. The third kappa shape index (κ3) is 2.80. The number of nitrogens with zero attached hydrogens (tertiary/aromatic N) is 1. The van der Waals surface area contributed by atoms with E-state index in [-0.39, 0.29) is 11.4 Å². The number of thiol groups is 1. The van der Waals surface area contributed by atoms with Gasteiger partial charge in [-0.25, -0.2) is 4.79 Å². The minimum Gasteiger partial charge on any atom is -0.755 e. The van der Waals surface area contributed by atoms with Crippen molar-refractivity contribution in [2.24, 2.45) is 0 Å². The molecule has 0 radical (unpaired) electrons. The van der Waals surface area contributed by atoms with Gasteiger partial charge in [0.2, 0.25) is 0 Å². The van der Waals surface area contributed by atoms with Crippen LogP contribution in [-0.4, -0.2) is 31.6 Å². The summed E-state index contributed by atoms with van der Waals surface area (Å²) >= 11 is 1.20. The molecule has 0 amide bonds. The molecule has 3 aromatic rings. The molecule has 0 aliphatic rings. The molecule has 6 nitrogen and oxygen atoms in total. The molecule has 1 heterocycles. The Morgan fingerprint density at radius 2 is 1.96 bits per heavy atom. The van der Waals surface area contributed by atoms with Gasteiger partial charge in [-0.05, 0) is 24.3 Å². The molecular weight excluding hydrogens is 338 g/mol. The summed E-state index contributed by atoms with van der Waals surface area (Å²) in [5.74, 6) is -1.41. The van der Waals surface area contributed by atoms with Crippen LogP contribution in [0.1, 0.15) is 0 Å². The number of carboxylic acids is 1. The second-order valence-electron chi connectivity index (χ2n) is 4.86. The summed E-state index contributed by atoms with van der Waals surface area (Å²) in [7, 11) is 0. The molecule has 0 aliphatic carbocycles. The maximum Gasteiger partial charge on any atom is 0.328 e. The normalized spacial score (nSPS) is 14.0. The van der Waals surface area contributed by atoms with Gasteiger partial charge in [0.05, 0.1) is 5.69 Å². The zero-order chi connectivity index (χ0) is 16.6. The third-order valence-corrected chi connectivity index (χ3v) is 4.65. The fourth-order valence-corrected chi connectivity index (χ4v) is 3.56. The molecule has 8 heteroatoms. The van der Waals surface area contributed by atoms with Crippen LogP contribution in [0.25, 0.3) is 21.9 Å². The monoisotopic (exact) mass is 350 g/mol. The van der Waals surface area contributed by atoms with Gasteiger partial charge in [0, 0.05) is 27.8 Å². The molecule has 1 aromatic heterocycles. The van der Waals surface area contributed by atoms with Crippen LogP contribution >= 0.6 is 12.6 Å². The van der Waals surface area contributed by atoms with Crippen molar-refractivity contribution in [3.8, 4) is 0 Å². The molecule has 2 unspecified atom stereocenters. The number of hydrogen-bond acceptors (Lipinski definition) is 5. The van der Waals surface area contributed by atoms with Gasteiger partial charge in [-0.2, -0.15) is 12.6 Å². The number of anilines is 1. The number of carboxylic acid groups (broad SMARTS) is 1. The molecule has 0 saturated carbocycles. The van der Waals surface area contributed by atoms with Crippen molar-refractivity contribution in [1.82, 2.24) is 0 Å². The van der Waals surface area contributed by atoms with Crippen LogP contribution < -0.4 is 4.31 Å². The first-order chi connectivity index (χ1) is 11.0. The predicted octanol–water partition coefficient (Wildman–Crippen LogP) is 2.57. The fourth-order valence-electron chi connectivity index (χ4n) is 2.47. The zero-order valence-corrected chi connectivity index (χ0v) is 13.4. The van der Waals surface area contributed by atoms with Gasteiger partial charge in [-0.3, -0.25) is 8.51 Å². The molecule has 0 fully saturated rings. The summed E-state index contributed by atoms with van der Waals surface area (Å²) in [5, 5.41) is 10.8. The lowest BCUT2D eigenvalue weighted by Crippen LogP contribution is -2.43. The first-order valence-corrected chi connectivity index (χ1v) is 8.33. The lowest BCUT2D eigenvalue weighted by molar-refractivity contribution is -0.137. The van der Waals surface area contributed by atoms with E-state index in [1.807, 2.05) is 24.3 Å².